The van der Waals surface area contributed by atoms with E-state index in [1.165, 1.54) is 0 Å². The van der Waals surface area contributed by atoms with E-state index >= 15 is 0 Å². The number of sulfone groups is 1. The lowest BCUT2D eigenvalue weighted by atomic mass is 10.1. The van der Waals surface area contributed by atoms with Crippen molar-refractivity contribution in [2.24, 2.45) is 5.92 Å². The van der Waals surface area contributed by atoms with E-state index < -0.39 is 9.84 Å². The normalized spacial score (nSPS) is 21.2. The molecular weight excluding hydrogens is 264 g/mol. The third-order valence-electron chi connectivity index (χ3n) is 3.24. The second kappa shape index (κ2) is 5.21. The number of rotatable bonds is 3. The minimum absolute atomic E-state index is 0.0242. The van der Waals surface area contributed by atoms with Gasteiger partial charge in [-0.3, -0.25) is 4.79 Å². The molecule has 0 bridgehead atoms. The lowest BCUT2D eigenvalue weighted by Gasteiger charge is -2.10. The standard InChI is InChI=1S/C13H18N2O3S/c1-9-4-11(6-12(14)5-9)13(16)15-7-10-2-3-19(17,18)8-10/h4-6,10H,2-3,7-8,14H2,1H3,(H,15,16). The fourth-order valence-electron chi connectivity index (χ4n) is 2.32. The van der Waals surface area contributed by atoms with E-state index in [9.17, 15) is 13.2 Å². The van der Waals surface area contributed by atoms with Crippen LogP contribution in [0.25, 0.3) is 0 Å². The summed E-state index contributed by atoms with van der Waals surface area (Å²) in [6.45, 7) is 2.27. The Labute approximate surface area is 113 Å². The summed E-state index contributed by atoms with van der Waals surface area (Å²) in [7, 11) is -2.89. The molecule has 1 amide bonds. The lowest BCUT2D eigenvalue weighted by Crippen LogP contribution is -2.29. The van der Waals surface area contributed by atoms with Crippen LogP contribution < -0.4 is 11.1 Å². The molecule has 1 aromatic rings. The molecule has 19 heavy (non-hydrogen) atoms. The number of anilines is 1. The van der Waals surface area contributed by atoms with Crippen LogP contribution in [-0.4, -0.2) is 32.4 Å². The molecule has 1 unspecified atom stereocenters. The molecule has 2 rings (SSSR count). The Morgan fingerprint density at radius 2 is 2.16 bits per heavy atom. The SMILES string of the molecule is Cc1cc(N)cc(C(=O)NCC2CCS(=O)(=O)C2)c1. The Morgan fingerprint density at radius 1 is 1.42 bits per heavy atom. The van der Waals surface area contributed by atoms with Gasteiger partial charge >= 0.3 is 0 Å². The molecule has 5 nitrogen and oxygen atoms in total. The highest BCUT2D eigenvalue weighted by Crippen LogP contribution is 2.17. The van der Waals surface area contributed by atoms with Gasteiger partial charge in [0.1, 0.15) is 0 Å². The number of hydrogen-bond donors (Lipinski definition) is 2. The summed E-state index contributed by atoms with van der Waals surface area (Å²) in [4.78, 5) is 12.0. The van der Waals surface area contributed by atoms with Crippen molar-refractivity contribution in [2.45, 2.75) is 13.3 Å². The van der Waals surface area contributed by atoms with Gasteiger partial charge in [0.25, 0.3) is 5.91 Å². The van der Waals surface area contributed by atoms with E-state index in [1.54, 1.807) is 18.2 Å². The zero-order valence-electron chi connectivity index (χ0n) is 10.8. The highest BCUT2D eigenvalue weighted by atomic mass is 32.2. The Hall–Kier alpha value is -1.56. The minimum atomic E-state index is -2.89. The van der Waals surface area contributed by atoms with Crippen LogP contribution in [0.4, 0.5) is 5.69 Å². The van der Waals surface area contributed by atoms with Gasteiger partial charge in [-0.1, -0.05) is 0 Å². The van der Waals surface area contributed by atoms with Crippen LogP contribution in [0.15, 0.2) is 18.2 Å². The summed E-state index contributed by atoms with van der Waals surface area (Å²) in [6.07, 6.45) is 0.624. The molecular formula is C13H18N2O3S. The number of benzene rings is 1. The van der Waals surface area contributed by atoms with Crippen molar-refractivity contribution in [3.05, 3.63) is 29.3 Å². The first-order valence-corrected chi connectivity index (χ1v) is 8.04. The van der Waals surface area contributed by atoms with Crippen LogP contribution in [0, 0.1) is 12.8 Å². The average molecular weight is 282 g/mol. The maximum absolute atomic E-state index is 12.0. The zero-order valence-corrected chi connectivity index (χ0v) is 11.7. The number of hydrogen-bond acceptors (Lipinski definition) is 4. The predicted molar refractivity (Wildman–Crippen MR) is 74.7 cm³/mol. The smallest absolute Gasteiger partial charge is 0.251 e. The van der Waals surface area contributed by atoms with Crippen LogP contribution in [-0.2, 0) is 9.84 Å². The van der Waals surface area contributed by atoms with Crippen molar-refractivity contribution in [1.82, 2.24) is 5.32 Å². The van der Waals surface area contributed by atoms with Gasteiger partial charge in [0, 0.05) is 17.8 Å². The molecule has 0 radical (unpaired) electrons. The van der Waals surface area contributed by atoms with Gasteiger partial charge < -0.3 is 11.1 Å². The molecule has 1 heterocycles. The summed E-state index contributed by atoms with van der Waals surface area (Å²) in [5.74, 6) is 0.213. The lowest BCUT2D eigenvalue weighted by molar-refractivity contribution is 0.0948. The molecule has 1 fully saturated rings. The zero-order chi connectivity index (χ0) is 14.0. The van der Waals surface area contributed by atoms with Gasteiger partial charge in [-0.25, -0.2) is 8.42 Å². The number of carbonyl (C=O) groups is 1. The first-order valence-electron chi connectivity index (χ1n) is 6.21. The van der Waals surface area contributed by atoms with Crippen LogP contribution >= 0.6 is 0 Å². The van der Waals surface area contributed by atoms with Crippen molar-refractivity contribution in [1.29, 1.82) is 0 Å². The van der Waals surface area contributed by atoms with E-state index in [2.05, 4.69) is 5.32 Å². The molecule has 0 saturated carbocycles. The Bertz CT molecular complexity index is 576. The molecule has 0 aliphatic carbocycles. The number of nitrogens with one attached hydrogen (secondary N) is 1. The van der Waals surface area contributed by atoms with Gasteiger partial charge in [-0.2, -0.15) is 0 Å². The largest absolute Gasteiger partial charge is 0.399 e. The molecule has 0 aromatic heterocycles. The maximum atomic E-state index is 12.0. The van der Waals surface area contributed by atoms with Crippen LogP contribution in [0.3, 0.4) is 0 Å². The Balaban J connectivity index is 1.95. The monoisotopic (exact) mass is 282 g/mol. The van der Waals surface area contributed by atoms with Crippen LogP contribution in [0.2, 0.25) is 0 Å². The van der Waals surface area contributed by atoms with Gasteiger partial charge in [0.2, 0.25) is 0 Å². The summed E-state index contributed by atoms with van der Waals surface area (Å²) in [5.41, 5.74) is 7.68. The quantitative estimate of drug-likeness (QED) is 0.800. The average Bonchev–Trinajstić information content (AvgIpc) is 2.64. The molecule has 1 aliphatic heterocycles. The number of aryl methyl sites for hydroxylation is 1. The first kappa shape index (κ1) is 13.9. The Morgan fingerprint density at radius 3 is 2.74 bits per heavy atom. The van der Waals surface area contributed by atoms with Gasteiger partial charge in [-0.05, 0) is 43.0 Å². The van der Waals surface area contributed by atoms with E-state index in [1.807, 2.05) is 6.92 Å². The molecule has 6 heteroatoms. The molecule has 1 aliphatic rings. The fourth-order valence-corrected chi connectivity index (χ4v) is 4.18. The van der Waals surface area contributed by atoms with Crippen molar-refractivity contribution in [3.63, 3.8) is 0 Å². The van der Waals surface area contributed by atoms with Crippen molar-refractivity contribution >= 4 is 21.4 Å². The molecule has 1 aromatic carbocycles. The van der Waals surface area contributed by atoms with E-state index in [0.29, 0.717) is 24.2 Å². The Kier molecular flexibility index (Phi) is 3.80. The summed E-state index contributed by atoms with van der Waals surface area (Å²) in [6, 6.07) is 5.17. The van der Waals surface area contributed by atoms with E-state index in [4.69, 9.17) is 5.73 Å². The van der Waals surface area contributed by atoms with Crippen molar-refractivity contribution < 1.29 is 13.2 Å². The fraction of sp³-hybridized carbons (Fsp3) is 0.462. The molecule has 3 N–H and O–H groups in total. The van der Waals surface area contributed by atoms with E-state index in [0.717, 1.165) is 5.56 Å². The number of amides is 1. The molecule has 0 spiro atoms. The second-order valence-electron chi connectivity index (χ2n) is 5.11. The summed E-state index contributed by atoms with van der Waals surface area (Å²) in [5, 5.41) is 2.77. The molecule has 1 atom stereocenters. The van der Waals surface area contributed by atoms with Gasteiger partial charge in [0.05, 0.1) is 11.5 Å². The highest BCUT2D eigenvalue weighted by molar-refractivity contribution is 7.91. The topological polar surface area (TPSA) is 89.3 Å². The summed E-state index contributed by atoms with van der Waals surface area (Å²) >= 11 is 0. The molecule has 104 valence electrons. The first-order chi connectivity index (χ1) is 8.85. The second-order valence-corrected chi connectivity index (χ2v) is 7.34. The predicted octanol–water partition coefficient (Wildman–Crippen LogP) is 0.742. The van der Waals surface area contributed by atoms with Crippen molar-refractivity contribution in [2.75, 3.05) is 23.8 Å². The number of carbonyl (C=O) groups excluding carboxylic acids is 1. The molecule has 1 saturated heterocycles. The third-order valence-corrected chi connectivity index (χ3v) is 5.08. The van der Waals surface area contributed by atoms with Gasteiger partial charge in [-0.15, -0.1) is 0 Å². The van der Waals surface area contributed by atoms with Crippen molar-refractivity contribution in [3.8, 4) is 0 Å². The number of nitrogens with two attached hydrogens (primary N) is 1. The number of nitrogen functional groups attached to an aromatic ring is 1. The summed E-state index contributed by atoms with van der Waals surface area (Å²) < 4.78 is 22.6. The van der Waals surface area contributed by atoms with Crippen LogP contribution in [0.5, 0.6) is 0 Å². The van der Waals surface area contributed by atoms with Gasteiger partial charge in [0.15, 0.2) is 9.84 Å². The highest BCUT2D eigenvalue weighted by Gasteiger charge is 2.27. The maximum Gasteiger partial charge on any atom is 0.251 e. The minimum Gasteiger partial charge on any atom is -0.399 e. The van der Waals surface area contributed by atoms with Crippen LogP contribution in [0.1, 0.15) is 22.3 Å². The van der Waals surface area contributed by atoms with E-state index in [-0.39, 0.29) is 23.3 Å². The third kappa shape index (κ3) is 3.70.